The minimum Gasteiger partial charge on any atom is -0.425 e. The third-order valence-corrected chi connectivity index (χ3v) is 9.78. The van der Waals surface area contributed by atoms with Crippen molar-refractivity contribution in [2.75, 3.05) is 0 Å². The lowest BCUT2D eigenvalue weighted by molar-refractivity contribution is -0.148. The van der Waals surface area contributed by atoms with Crippen LogP contribution in [0.3, 0.4) is 0 Å². The molecule has 1 aromatic carbocycles. The van der Waals surface area contributed by atoms with Crippen LogP contribution >= 0.6 is 0 Å². The van der Waals surface area contributed by atoms with Gasteiger partial charge >= 0.3 is 5.97 Å². The van der Waals surface area contributed by atoms with E-state index in [-0.39, 0.29) is 28.8 Å². The van der Waals surface area contributed by atoms with Crippen molar-refractivity contribution < 1.29 is 9.53 Å². The average Bonchev–Trinajstić information content (AvgIpc) is 2.85. The van der Waals surface area contributed by atoms with Crippen LogP contribution in [0.25, 0.3) is 0 Å². The summed E-state index contributed by atoms with van der Waals surface area (Å²) in [5.74, 6) is -0.133. The Morgan fingerprint density at radius 1 is 0.939 bits per heavy atom. The fraction of sp³-hybridized carbons (Fsp3) is 0.690. The molecule has 0 spiro atoms. The van der Waals surface area contributed by atoms with Gasteiger partial charge in [0.05, 0.1) is 11.5 Å². The zero-order valence-corrected chi connectivity index (χ0v) is 20.4. The molecule has 0 amide bonds. The van der Waals surface area contributed by atoms with Crippen molar-refractivity contribution in [2.45, 2.75) is 104 Å². The van der Waals surface area contributed by atoms with Gasteiger partial charge in [-0.2, -0.15) is 10.5 Å². The third-order valence-electron chi connectivity index (χ3n) is 9.78. The zero-order valence-electron chi connectivity index (χ0n) is 20.4. The molecule has 0 unspecified atom stereocenters. The lowest BCUT2D eigenvalue weighted by Gasteiger charge is -2.63. The maximum Gasteiger partial charge on any atom is 0.314 e. The second-order valence-corrected chi connectivity index (χ2v) is 11.2. The topological polar surface area (TPSA) is 73.9 Å². The van der Waals surface area contributed by atoms with E-state index < -0.39 is 0 Å². The minimum absolute atomic E-state index is 0.116. The molecule has 0 aromatic heterocycles. The van der Waals surface area contributed by atoms with Gasteiger partial charge in [0, 0.05) is 0 Å². The molecular weight excluding hydrogens is 408 g/mol. The standard InChI is InChI=1S/C29H38N2O2/c1-3-10-27-14-17-29(18-15-27,19-16-27)28(11-4-2)12-8-22(9-13-28)26(32)33-25-7-5-6-23(20-30)24(25)21-31/h5-7,22H,3-4,8-19H2,1-2H3. The highest BCUT2D eigenvalue weighted by atomic mass is 16.5. The summed E-state index contributed by atoms with van der Waals surface area (Å²) in [6, 6.07) is 8.90. The summed E-state index contributed by atoms with van der Waals surface area (Å²) < 4.78 is 5.68. The van der Waals surface area contributed by atoms with Gasteiger partial charge in [-0.1, -0.05) is 32.8 Å². The van der Waals surface area contributed by atoms with Gasteiger partial charge in [0.2, 0.25) is 0 Å². The number of hydrogen-bond donors (Lipinski definition) is 0. The van der Waals surface area contributed by atoms with Crippen LogP contribution in [-0.4, -0.2) is 5.97 Å². The highest BCUT2D eigenvalue weighted by molar-refractivity contribution is 5.76. The quantitative estimate of drug-likeness (QED) is 0.322. The number of carbonyl (C=O) groups excluding carboxylic acids is 1. The van der Waals surface area contributed by atoms with E-state index in [4.69, 9.17) is 4.74 Å². The Balaban J connectivity index is 1.45. The first kappa shape index (κ1) is 23.8. The molecule has 5 rings (SSSR count). The van der Waals surface area contributed by atoms with Gasteiger partial charge in [0.25, 0.3) is 0 Å². The fourth-order valence-electron chi connectivity index (χ4n) is 7.91. The summed E-state index contributed by atoms with van der Waals surface area (Å²) in [5.41, 5.74) is 1.88. The Kier molecular flexibility index (Phi) is 6.86. The highest BCUT2D eigenvalue weighted by Crippen LogP contribution is 2.69. The summed E-state index contributed by atoms with van der Waals surface area (Å²) in [6.07, 6.45) is 17.5. The maximum atomic E-state index is 13.0. The van der Waals surface area contributed by atoms with Crippen LogP contribution in [0.4, 0.5) is 0 Å². The molecule has 0 atom stereocenters. The van der Waals surface area contributed by atoms with Gasteiger partial charge in [-0.05, 0) is 105 Å². The van der Waals surface area contributed by atoms with Gasteiger partial charge in [-0.15, -0.1) is 0 Å². The van der Waals surface area contributed by atoms with Gasteiger partial charge in [-0.25, -0.2) is 0 Å². The number of fused-ring (bicyclic) bond motifs is 3. The molecule has 33 heavy (non-hydrogen) atoms. The van der Waals surface area contributed by atoms with Gasteiger partial charge < -0.3 is 4.74 Å². The molecule has 0 aliphatic heterocycles. The molecule has 0 saturated heterocycles. The van der Waals surface area contributed by atoms with Gasteiger partial charge in [0.15, 0.2) is 0 Å². The van der Waals surface area contributed by atoms with Crippen molar-refractivity contribution in [2.24, 2.45) is 22.2 Å². The van der Waals surface area contributed by atoms with E-state index >= 15 is 0 Å². The molecule has 4 saturated carbocycles. The summed E-state index contributed by atoms with van der Waals surface area (Å²) in [6.45, 7) is 4.65. The normalized spacial score (nSPS) is 33.2. The number of hydrogen-bond acceptors (Lipinski definition) is 4. The monoisotopic (exact) mass is 446 g/mol. The largest absolute Gasteiger partial charge is 0.425 e. The Morgan fingerprint density at radius 3 is 2.12 bits per heavy atom. The number of ether oxygens (including phenoxy) is 1. The molecule has 4 aliphatic rings. The van der Waals surface area contributed by atoms with Crippen LogP contribution in [0.5, 0.6) is 5.75 Å². The zero-order chi connectivity index (χ0) is 23.5. The Bertz CT molecular complexity index is 934. The minimum atomic E-state index is -0.238. The van der Waals surface area contributed by atoms with Crippen molar-refractivity contribution in [1.82, 2.24) is 0 Å². The Hall–Kier alpha value is -2.33. The van der Waals surface area contributed by atoms with E-state index in [0.717, 1.165) is 25.7 Å². The van der Waals surface area contributed by atoms with E-state index in [1.165, 1.54) is 64.2 Å². The third kappa shape index (κ3) is 4.19. The van der Waals surface area contributed by atoms with Gasteiger partial charge in [0.1, 0.15) is 23.5 Å². The molecule has 4 heteroatoms. The fourth-order valence-corrected chi connectivity index (χ4v) is 7.91. The average molecular weight is 447 g/mol. The number of rotatable bonds is 7. The van der Waals surface area contributed by atoms with Crippen LogP contribution in [0.1, 0.15) is 115 Å². The first-order valence-corrected chi connectivity index (χ1v) is 13.1. The Labute approximate surface area is 199 Å². The van der Waals surface area contributed by atoms with Crippen molar-refractivity contribution >= 4 is 5.97 Å². The number of carbonyl (C=O) groups is 1. The lowest BCUT2D eigenvalue weighted by atomic mass is 9.42. The van der Waals surface area contributed by atoms with Crippen LogP contribution in [0.15, 0.2) is 18.2 Å². The van der Waals surface area contributed by atoms with Crippen LogP contribution in [-0.2, 0) is 4.79 Å². The lowest BCUT2D eigenvalue weighted by Crippen LogP contribution is -2.53. The summed E-state index contributed by atoms with van der Waals surface area (Å²) in [5, 5.41) is 18.7. The van der Waals surface area contributed by atoms with Gasteiger partial charge in [-0.3, -0.25) is 4.79 Å². The molecule has 0 heterocycles. The molecular formula is C29H38N2O2. The summed E-state index contributed by atoms with van der Waals surface area (Å²) in [7, 11) is 0. The molecule has 0 radical (unpaired) electrons. The SMILES string of the molecule is CCCC12CCC(C3(CCC)CCC(C(=O)Oc4cccc(C#N)c4C#N)CC3)(CC1)CC2. The van der Waals surface area contributed by atoms with E-state index in [2.05, 4.69) is 13.8 Å². The number of benzene rings is 1. The van der Waals surface area contributed by atoms with E-state index in [1.54, 1.807) is 18.2 Å². The molecule has 1 aromatic rings. The molecule has 2 bridgehead atoms. The smallest absolute Gasteiger partial charge is 0.314 e. The van der Waals surface area contributed by atoms with Crippen molar-refractivity contribution in [3.05, 3.63) is 29.3 Å². The maximum absolute atomic E-state index is 13.0. The van der Waals surface area contributed by atoms with E-state index in [9.17, 15) is 15.3 Å². The van der Waals surface area contributed by atoms with Crippen LogP contribution < -0.4 is 4.74 Å². The van der Waals surface area contributed by atoms with E-state index in [0.29, 0.717) is 16.2 Å². The number of nitrogens with zero attached hydrogens (tertiary/aromatic N) is 2. The van der Waals surface area contributed by atoms with Crippen molar-refractivity contribution in [1.29, 1.82) is 10.5 Å². The van der Waals surface area contributed by atoms with Crippen LogP contribution in [0, 0.1) is 44.8 Å². The molecule has 4 fully saturated rings. The number of nitriles is 2. The molecule has 4 nitrogen and oxygen atoms in total. The second kappa shape index (κ2) is 9.50. The predicted molar refractivity (Wildman–Crippen MR) is 128 cm³/mol. The highest BCUT2D eigenvalue weighted by Gasteiger charge is 2.58. The molecule has 176 valence electrons. The predicted octanol–water partition coefficient (Wildman–Crippen LogP) is 7.45. The Morgan fingerprint density at radius 2 is 1.58 bits per heavy atom. The summed E-state index contributed by atoms with van der Waals surface area (Å²) in [4.78, 5) is 13.0. The first-order chi connectivity index (χ1) is 16.0. The molecule has 0 N–H and O–H groups in total. The second-order valence-electron chi connectivity index (χ2n) is 11.2. The van der Waals surface area contributed by atoms with E-state index in [1.807, 2.05) is 12.1 Å². The van der Waals surface area contributed by atoms with Crippen molar-refractivity contribution in [3.63, 3.8) is 0 Å². The number of esters is 1. The summed E-state index contributed by atoms with van der Waals surface area (Å²) >= 11 is 0. The molecule has 4 aliphatic carbocycles. The first-order valence-electron chi connectivity index (χ1n) is 13.1. The van der Waals surface area contributed by atoms with Crippen LogP contribution in [0.2, 0.25) is 0 Å². The van der Waals surface area contributed by atoms with Crippen molar-refractivity contribution in [3.8, 4) is 17.9 Å².